The quantitative estimate of drug-likeness (QED) is 0.724. The van der Waals surface area contributed by atoms with Gasteiger partial charge in [-0.2, -0.15) is 0 Å². The van der Waals surface area contributed by atoms with Crippen molar-refractivity contribution in [3.8, 4) is 0 Å². The molecule has 1 aliphatic heterocycles. The molecule has 8 nitrogen and oxygen atoms in total. The van der Waals surface area contributed by atoms with Crippen molar-refractivity contribution in [1.29, 1.82) is 0 Å². The number of benzene rings is 1. The summed E-state index contributed by atoms with van der Waals surface area (Å²) in [6, 6.07) is 6.29. The lowest BCUT2D eigenvalue weighted by Gasteiger charge is -2.23. The lowest BCUT2D eigenvalue weighted by atomic mass is 10.1. The summed E-state index contributed by atoms with van der Waals surface area (Å²) >= 11 is 0. The highest BCUT2D eigenvalue weighted by Gasteiger charge is 2.28. The fraction of sp³-hybridized carbons (Fsp3) is 0.444. The number of hydrogen-bond donors (Lipinski definition) is 1. The molecule has 1 heterocycles. The Morgan fingerprint density at radius 2 is 1.88 bits per heavy atom. The molecule has 0 radical (unpaired) electrons. The molecule has 1 N–H and O–H groups in total. The van der Waals surface area contributed by atoms with E-state index in [-0.39, 0.29) is 37.4 Å². The summed E-state index contributed by atoms with van der Waals surface area (Å²) in [5.41, 5.74) is 1.08. The lowest BCUT2D eigenvalue weighted by Crippen LogP contribution is -2.41. The van der Waals surface area contributed by atoms with Crippen molar-refractivity contribution in [3.05, 3.63) is 35.4 Å². The molecule has 0 saturated carbocycles. The first-order valence-corrected chi connectivity index (χ1v) is 8.57. The summed E-state index contributed by atoms with van der Waals surface area (Å²) in [6.07, 6.45) is 0. The van der Waals surface area contributed by atoms with E-state index in [4.69, 9.17) is 0 Å². The van der Waals surface area contributed by atoms with E-state index in [0.717, 1.165) is 4.90 Å². The highest BCUT2D eigenvalue weighted by atomic mass is 16.2. The number of carbonyl (C=O) groups excluding carboxylic acids is 4. The van der Waals surface area contributed by atoms with Crippen LogP contribution in [0.25, 0.3) is 0 Å². The Bertz CT molecular complexity index is 699. The number of carbonyl (C=O) groups is 4. The van der Waals surface area contributed by atoms with Gasteiger partial charge in [0.15, 0.2) is 0 Å². The van der Waals surface area contributed by atoms with Crippen LogP contribution in [0.1, 0.15) is 29.8 Å². The zero-order chi connectivity index (χ0) is 19.3. The van der Waals surface area contributed by atoms with E-state index in [1.807, 2.05) is 13.8 Å². The maximum Gasteiger partial charge on any atom is 0.324 e. The summed E-state index contributed by atoms with van der Waals surface area (Å²) in [6.45, 7) is 5.07. The van der Waals surface area contributed by atoms with Crippen molar-refractivity contribution in [2.75, 3.05) is 33.2 Å². The van der Waals surface area contributed by atoms with Gasteiger partial charge in [-0.15, -0.1) is 0 Å². The normalized spacial score (nSPS) is 13.6. The van der Waals surface area contributed by atoms with Gasteiger partial charge in [0.05, 0.1) is 19.6 Å². The molecule has 0 aromatic heterocycles. The molecule has 1 fully saturated rings. The summed E-state index contributed by atoms with van der Waals surface area (Å²) in [4.78, 5) is 52.2. The van der Waals surface area contributed by atoms with Gasteiger partial charge in [-0.1, -0.05) is 12.1 Å². The van der Waals surface area contributed by atoms with Crippen LogP contribution in [-0.2, 0) is 16.1 Å². The number of nitrogens with one attached hydrogen (secondary N) is 1. The van der Waals surface area contributed by atoms with Crippen LogP contribution in [0.15, 0.2) is 24.3 Å². The monoisotopic (exact) mass is 360 g/mol. The van der Waals surface area contributed by atoms with Crippen LogP contribution in [0.5, 0.6) is 0 Å². The molecule has 8 heteroatoms. The van der Waals surface area contributed by atoms with E-state index in [2.05, 4.69) is 5.32 Å². The number of rotatable bonds is 7. The minimum absolute atomic E-state index is 0.00222. The van der Waals surface area contributed by atoms with Gasteiger partial charge >= 0.3 is 6.03 Å². The van der Waals surface area contributed by atoms with E-state index < -0.39 is 6.03 Å². The third-order valence-corrected chi connectivity index (χ3v) is 4.29. The van der Waals surface area contributed by atoms with Crippen molar-refractivity contribution < 1.29 is 19.2 Å². The molecule has 0 atom stereocenters. The average molecular weight is 360 g/mol. The van der Waals surface area contributed by atoms with Crippen LogP contribution in [0, 0.1) is 0 Å². The smallest absolute Gasteiger partial charge is 0.324 e. The Morgan fingerprint density at radius 1 is 1.19 bits per heavy atom. The Hall–Kier alpha value is -2.90. The van der Waals surface area contributed by atoms with Gasteiger partial charge in [-0.25, -0.2) is 4.79 Å². The van der Waals surface area contributed by atoms with Gasteiger partial charge < -0.3 is 15.1 Å². The summed E-state index contributed by atoms with van der Waals surface area (Å²) in [5, 5.41) is 2.46. The fourth-order valence-electron chi connectivity index (χ4n) is 2.77. The molecule has 5 amide bonds. The highest BCUT2D eigenvalue weighted by molar-refractivity contribution is 6.02. The molecule has 0 spiro atoms. The first-order chi connectivity index (χ1) is 12.4. The minimum Gasteiger partial charge on any atom is -0.342 e. The van der Waals surface area contributed by atoms with Gasteiger partial charge in [-0.3, -0.25) is 19.3 Å². The molecule has 140 valence electrons. The van der Waals surface area contributed by atoms with Gasteiger partial charge in [0.25, 0.3) is 5.91 Å². The van der Waals surface area contributed by atoms with Crippen LogP contribution in [0.4, 0.5) is 4.79 Å². The Morgan fingerprint density at radius 3 is 2.46 bits per heavy atom. The van der Waals surface area contributed by atoms with Gasteiger partial charge in [-0.05, 0) is 31.5 Å². The van der Waals surface area contributed by atoms with Crippen molar-refractivity contribution >= 4 is 23.8 Å². The first-order valence-electron chi connectivity index (χ1n) is 8.57. The molecule has 0 aliphatic carbocycles. The molecular weight excluding hydrogens is 336 g/mol. The number of likely N-dealkylation sites (N-methyl/N-ethyl adjacent to an activating group) is 2. The third kappa shape index (κ3) is 4.38. The topological polar surface area (TPSA) is 90.0 Å². The Labute approximate surface area is 152 Å². The van der Waals surface area contributed by atoms with Crippen LogP contribution in [-0.4, -0.2) is 71.7 Å². The number of amides is 5. The minimum atomic E-state index is -0.436. The second-order valence-corrected chi connectivity index (χ2v) is 6.07. The molecule has 1 saturated heterocycles. The number of hydrogen-bond acceptors (Lipinski definition) is 4. The van der Waals surface area contributed by atoms with Crippen LogP contribution < -0.4 is 5.32 Å². The van der Waals surface area contributed by atoms with Crippen molar-refractivity contribution in [2.45, 2.75) is 20.4 Å². The van der Waals surface area contributed by atoms with Crippen molar-refractivity contribution in [2.24, 2.45) is 0 Å². The average Bonchev–Trinajstić information content (AvgIpc) is 2.94. The summed E-state index contributed by atoms with van der Waals surface area (Å²) in [7, 11) is 1.58. The standard InChI is InChI=1S/C18H24N4O4/c1-4-21(5-2)16(24)12-20(3)17(25)14-8-6-7-13(9-14)11-22-15(23)10-19-18(22)26/h6-9H,4-5,10-12H2,1-3H3,(H,19,26). The molecule has 1 aromatic rings. The summed E-state index contributed by atoms with van der Waals surface area (Å²) < 4.78 is 0. The third-order valence-electron chi connectivity index (χ3n) is 4.29. The van der Waals surface area contributed by atoms with Gasteiger partial charge in [0, 0.05) is 25.7 Å². The predicted octanol–water partition coefficient (Wildman–Crippen LogP) is 0.679. The Balaban J connectivity index is 2.06. The van der Waals surface area contributed by atoms with E-state index in [0.29, 0.717) is 24.2 Å². The zero-order valence-electron chi connectivity index (χ0n) is 15.3. The Kier molecular flexibility index (Phi) is 6.32. The first kappa shape index (κ1) is 19.4. The molecule has 1 aromatic carbocycles. The van der Waals surface area contributed by atoms with Crippen molar-refractivity contribution in [1.82, 2.24) is 20.0 Å². The highest BCUT2D eigenvalue weighted by Crippen LogP contribution is 2.12. The molecule has 1 aliphatic rings. The van der Waals surface area contributed by atoms with E-state index in [9.17, 15) is 19.2 Å². The molecule has 2 rings (SSSR count). The zero-order valence-corrected chi connectivity index (χ0v) is 15.3. The number of urea groups is 1. The van der Waals surface area contributed by atoms with E-state index in [1.165, 1.54) is 4.90 Å². The SMILES string of the molecule is CCN(CC)C(=O)CN(C)C(=O)c1cccc(CN2C(=O)CNC2=O)c1. The van der Waals surface area contributed by atoms with Crippen LogP contribution in [0.3, 0.4) is 0 Å². The van der Waals surface area contributed by atoms with Crippen molar-refractivity contribution in [3.63, 3.8) is 0 Å². The number of imide groups is 1. The second-order valence-electron chi connectivity index (χ2n) is 6.07. The van der Waals surface area contributed by atoms with E-state index >= 15 is 0 Å². The fourth-order valence-corrected chi connectivity index (χ4v) is 2.77. The second kappa shape index (κ2) is 8.46. The molecule has 0 unspecified atom stereocenters. The molecule has 26 heavy (non-hydrogen) atoms. The van der Waals surface area contributed by atoms with Crippen LogP contribution >= 0.6 is 0 Å². The largest absolute Gasteiger partial charge is 0.342 e. The maximum absolute atomic E-state index is 12.6. The maximum atomic E-state index is 12.6. The number of nitrogens with zero attached hydrogens (tertiary/aromatic N) is 3. The lowest BCUT2D eigenvalue weighted by molar-refractivity contribution is -0.131. The van der Waals surface area contributed by atoms with Crippen LogP contribution in [0.2, 0.25) is 0 Å². The summed E-state index contributed by atoms with van der Waals surface area (Å²) in [5.74, 6) is -0.695. The molecular formula is C18H24N4O4. The molecule has 0 bridgehead atoms. The van der Waals surface area contributed by atoms with Gasteiger partial charge in [0.2, 0.25) is 11.8 Å². The van der Waals surface area contributed by atoms with Gasteiger partial charge in [0.1, 0.15) is 0 Å². The van der Waals surface area contributed by atoms with E-state index in [1.54, 1.807) is 36.2 Å². The predicted molar refractivity (Wildman–Crippen MR) is 95.3 cm³/mol.